The van der Waals surface area contributed by atoms with Crippen LogP contribution in [0.2, 0.25) is 0 Å². The zero-order valence-corrected chi connectivity index (χ0v) is 10.2. The fourth-order valence-corrected chi connectivity index (χ4v) is 2.29. The molecule has 0 bridgehead atoms. The van der Waals surface area contributed by atoms with Gasteiger partial charge in [-0.15, -0.1) is 0 Å². The number of likely N-dealkylation sites (tertiary alicyclic amines) is 1. The monoisotopic (exact) mass is 267 g/mol. The summed E-state index contributed by atoms with van der Waals surface area (Å²) < 4.78 is 0. The molecule has 8 nitrogen and oxygen atoms in total. The minimum absolute atomic E-state index is 0.171. The van der Waals surface area contributed by atoms with Gasteiger partial charge >= 0.3 is 11.7 Å². The Morgan fingerprint density at radius 1 is 1.37 bits per heavy atom. The predicted molar refractivity (Wildman–Crippen MR) is 63.9 cm³/mol. The molecule has 0 aliphatic carbocycles. The van der Waals surface area contributed by atoms with E-state index in [2.05, 4.69) is 4.98 Å². The first-order chi connectivity index (χ1) is 8.90. The van der Waals surface area contributed by atoms with Crippen LogP contribution in [0.4, 0.5) is 0 Å². The van der Waals surface area contributed by atoms with Gasteiger partial charge in [0.1, 0.15) is 11.7 Å². The van der Waals surface area contributed by atoms with E-state index >= 15 is 0 Å². The Kier molecular flexibility index (Phi) is 3.24. The summed E-state index contributed by atoms with van der Waals surface area (Å²) in [7, 11) is 0. The SMILES string of the molecule is CC1CCN(C(=O)c2cc(=O)[nH]c(=O)[nH]2)C1C(=O)O. The zero-order chi connectivity index (χ0) is 14.2. The van der Waals surface area contributed by atoms with Gasteiger partial charge < -0.3 is 15.0 Å². The van der Waals surface area contributed by atoms with Crippen LogP contribution in [0.5, 0.6) is 0 Å². The van der Waals surface area contributed by atoms with Crippen LogP contribution in [-0.4, -0.2) is 44.4 Å². The molecule has 1 aliphatic heterocycles. The van der Waals surface area contributed by atoms with Gasteiger partial charge in [0.2, 0.25) is 0 Å². The molecule has 0 aromatic carbocycles. The van der Waals surface area contributed by atoms with E-state index in [4.69, 9.17) is 5.11 Å². The fourth-order valence-electron chi connectivity index (χ4n) is 2.29. The van der Waals surface area contributed by atoms with Crippen molar-refractivity contribution in [2.24, 2.45) is 5.92 Å². The molecule has 1 aliphatic rings. The maximum Gasteiger partial charge on any atom is 0.326 e. The van der Waals surface area contributed by atoms with Gasteiger partial charge in [-0.3, -0.25) is 14.6 Å². The topological polar surface area (TPSA) is 123 Å². The highest BCUT2D eigenvalue weighted by molar-refractivity contribution is 5.95. The summed E-state index contributed by atoms with van der Waals surface area (Å²) in [6.45, 7) is 2.03. The Morgan fingerprint density at radius 3 is 2.63 bits per heavy atom. The smallest absolute Gasteiger partial charge is 0.326 e. The van der Waals surface area contributed by atoms with E-state index in [1.165, 1.54) is 0 Å². The lowest BCUT2D eigenvalue weighted by atomic mass is 10.0. The van der Waals surface area contributed by atoms with Crippen molar-refractivity contribution in [2.45, 2.75) is 19.4 Å². The normalized spacial score (nSPS) is 22.5. The molecule has 0 radical (unpaired) electrons. The average molecular weight is 267 g/mol. The van der Waals surface area contributed by atoms with E-state index in [9.17, 15) is 19.2 Å². The second kappa shape index (κ2) is 4.71. The number of hydrogen-bond acceptors (Lipinski definition) is 4. The molecule has 19 heavy (non-hydrogen) atoms. The van der Waals surface area contributed by atoms with Crippen molar-refractivity contribution in [3.05, 3.63) is 32.6 Å². The summed E-state index contributed by atoms with van der Waals surface area (Å²) in [6.07, 6.45) is 0.566. The Hall–Kier alpha value is -2.38. The molecule has 0 spiro atoms. The first kappa shape index (κ1) is 13.1. The number of aromatic nitrogens is 2. The van der Waals surface area contributed by atoms with Gasteiger partial charge in [0.15, 0.2) is 0 Å². The molecular formula is C11H13N3O5. The van der Waals surface area contributed by atoms with Crippen LogP contribution in [0.3, 0.4) is 0 Å². The summed E-state index contributed by atoms with van der Waals surface area (Å²) in [5, 5.41) is 9.13. The van der Waals surface area contributed by atoms with Crippen LogP contribution < -0.4 is 11.2 Å². The quantitative estimate of drug-likeness (QED) is 0.634. The van der Waals surface area contributed by atoms with Gasteiger partial charge in [0, 0.05) is 12.6 Å². The highest BCUT2D eigenvalue weighted by Crippen LogP contribution is 2.25. The largest absolute Gasteiger partial charge is 0.480 e. The number of carboxylic acids is 1. The Bertz CT molecular complexity index is 603. The lowest BCUT2D eigenvalue weighted by molar-refractivity contribution is -0.142. The van der Waals surface area contributed by atoms with Crippen LogP contribution in [0, 0.1) is 5.92 Å². The minimum atomic E-state index is -1.09. The zero-order valence-electron chi connectivity index (χ0n) is 10.2. The van der Waals surface area contributed by atoms with Gasteiger partial charge in [0.05, 0.1) is 0 Å². The van der Waals surface area contributed by atoms with E-state index < -0.39 is 29.2 Å². The van der Waals surface area contributed by atoms with E-state index in [-0.39, 0.29) is 18.2 Å². The van der Waals surface area contributed by atoms with Crippen LogP contribution in [-0.2, 0) is 4.79 Å². The average Bonchev–Trinajstić information content (AvgIpc) is 2.68. The number of aromatic amines is 2. The number of hydrogen-bond donors (Lipinski definition) is 3. The molecule has 0 saturated carbocycles. The first-order valence-corrected chi connectivity index (χ1v) is 5.77. The van der Waals surface area contributed by atoms with Crippen LogP contribution in [0.25, 0.3) is 0 Å². The molecule has 2 heterocycles. The number of amides is 1. The van der Waals surface area contributed by atoms with Crippen molar-refractivity contribution in [1.82, 2.24) is 14.9 Å². The standard InChI is InChI=1S/C11H13N3O5/c1-5-2-3-14(8(5)10(17)18)9(16)6-4-7(15)13-11(19)12-6/h4-5,8H,2-3H2,1H3,(H,17,18)(H2,12,13,15,19). The Balaban J connectivity index is 2.36. The van der Waals surface area contributed by atoms with E-state index in [0.717, 1.165) is 11.0 Å². The number of carbonyl (C=O) groups excluding carboxylic acids is 1. The third-order valence-electron chi connectivity index (χ3n) is 3.20. The highest BCUT2D eigenvalue weighted by atomic mass is 16.4. The molecule has 1 aromatic heterocycles. The Labute approximate surface area is 107 Å². The van der Waals surface area contributed by atoms with Gasteiger partial charge in [-0.05, 0) is 12.3 Å². The second-order valence-corrected chi connectivity index (χ2v) is 4.55. The third kappa shape index (κ3) is 2.42. The summed E-state index contributed by atoms with van der Waals surface area (Å²) >= 11 is 0. The minimum Gasteiger partial charge on any atom is -0.480 e. The summed E-state index contributed by atoms with van der Waals surface area (Å²) in [4.78, 5) is 50.9. The molecule has 1 saturated heterocycles. The number of aliphatic carboxylic acids is 1. The molecule has 1 fully saturated rings. The number of carbonyl (C=O) groups is 2. The van der Waals surface area contributed by atoms with E-state index in [1.54, 1.807) is 6.92 Å². The molecule has 2 atom stereocenters. The fraction of sp³-hybridized carbons (Fsp3) is 0.455. The molecular weight excluding hydrogens is 254 g/mol. The van der Waals surface area contributed by atoms with Crippen LogP contribution in [0.15, 0.2) is 15.7 Å². The number of nitrogens with one attached hydrogen (secondary N) is 2. The number of H-pyrrole nitrogens is 2. The summed E-state index contributed by atoms with van der Waals surface area (Å²) in [5.41, 5.74) is -1.70. The van der Waals surface area contributed by atoms with Gasteiger partial charge in [0.25, 0.3) is 11.5 Å². The highest BCUT2D eigenvalue weighted by Gasteiger charge is 2.40. The van der Waals surface area contributed by atoms with Crippen molar-refractivity contribution in [3.8, 4) is 0 Å². The lowest BCUT2D eigenvalue weighted by Crippen LogP contribution is -2.44. The van der Waals surface area contributed by atoms with Crippen LogP contribution in [0.1, 0.15) is 23.8 Å². The maximum atomic E-state index is 12.2. The summed E-state index contributed by atoms with van der Waals surface area (Å²) in [6, 6.07) is 0.0151. The number of carboxylic acid groups (broad SMARTS) is 1. The molecule has 1 aromatic rings. The summed E-state index contributed by atoms with van der Waals surface area (Å²) in [5.74, 6) is -1.92. The van der Waals surface area contributed by atoms with Crippen molar-refractivity contribution in [2.75, 3.05) is 6.54 Å². The van der Waals surface area contributed by atoms with Crippen LogP contribution >= 0.6 is 0 Å². The first-order valence-electron chi connectivity index (χ1n) is 5.77. The van der Waals surface area contributed by atoms with Crippen molar-refractivity contribution in [1.29, 1.82) is 0 Å². The molecule has 1 amide bonds. The van der Waals surface area contributed by atoms with E-state index in [0.29, 0.717) is 6.42 Å². The molecule has 2 rings (SSSR count). The van der Waals surface area contributed by atoms with Gasteiger partial charge in [-0.2, -0.15) is 0 Å². The van der Waals surface area contributed by atoms with Gasteiger partial charge in [-0.1, -0.05) is 6.92 Å². The number of rotatable bonds is 2. The second-order valence-electron chi connectivity index (χ2n) is 4.55. The van der Waals surface area contributed by atoms with E-state index in [1.807, 2.05) is 4.98 Å². The molecule has 2 unspecified atom stereocenters. The number of nitrogens with zero attached hydrogens (tertiary/aromatic N) is 1. The van der Waals surface area contributed by atoms with Crippen molar-refractivity contribution < 1.29 is 14.7 Å². The molecule has 102 valence electrons. The Morgan fingerprint density at radius 2 is 2.05 bits per heavy atom. The lowest BCUT2D eigenvalue weighted by Gasteiger charge is -2.22. The predicted octanol–water partition coefficient (Wildman–Crippen LogP) is -1.00. The molecule has 8 heteroatoms. The maximum absolute atomic E-state index is 12.2. The van der Waals surface area contributed by atoms with Crippen molar-refractivity contribution >= 4 is 11.9 Å². The van der Waals surface area contributed by atoms with Gasteiger partial charge in [-0.25, -0.2) is 9.59 Å². The molecule has 3 N–H and O–H groups in total. The third-order valence-corrected chi connectivity index (χ3v) is 3.20. The van der Waals surface area contributed by atoms with Crippen molar-refractivity contribution in [3.63, 3.8) is 0 Å².